The second-order valence-corrected chi connectivity index (χ2v) is 13.5. The standard InChI is InChI=1S/C35H43FN4O6/c1-35(2,3)46-34(45)38-27(20-36)22-10-12-23(13-11-22)32(42)40-17-16-26(21-8-6-5-7-9-21)30(40)31(41)37-25-14-15-28-24(18-25)19-29(33(43)44)39(28)4/h5-9,14-15,18-19,22-23,26-27,30H,10-13,16-17,20H2,1-4H3,(H,37,41)(H,38,45)(H,43,44)/t22?,23?,26-,27?,30+/m1/s1. The quantitative estimate of drug-likeness (QED) is 0.284. The minimum atomic E-state index is -1.04. The SMILES string of the molecule is Cn1c(C(=O)O)cc2cc(NC(=O)[C@@H]3[C@@H](c4ccccc4)CCN3C(=O)C3CCC(C(CF)NC(=O)OC(C)(C)C)CC3)ccc21. The smallest absolute Gasteiger partial charge is 0.407 e. The molecule has 2 fully saturated rings. The summed E-state index contributed by atoms with van der Waals surface area (Å²) in [6.45, 7) is 4.97. The fraction of sp³-hybridized carbons (Fsp3) is 0.486. The molecule has 2 aromatic carbocycles. The van der Waals surface area contributed by atoms with Gasteiger partial charge in [-0.1, -0.05) is 30.3 Å². The topological polar surface area (TPSA) is 130 Å². The first-order valence-corrected chi connectivity index (χ1v) is 15.9. The number of ether oxygens (including phenoxy) is 1. The number of aromatic carboxylic acids is 1. The number of nitrogens with one attached hydrogen (secondary N) is 2. The van der Waals surface area contributed by atoms with Gasteiger partial charge in [0.25, 0.3) is 0 Å². The molecule has 0 spiro atoms. The molecule has 1 aliphatic heterocycles. The minimum Gasteiger partial charge on any atom is -0.477 e. The molecular formula is C35H43FN4O6. The number of aromatic nitrogens is 1. The number of rotatable bonds is 8. The molecule has 3 amide bonds. The van der Waals surface area contributed by atoms with Crippen molar-refractivity contribution in [2.75, 3.05) is 18.5 Å². The fourth-order valence-electron chi connectivity index (χ4n) is 7.01. The number of alkyl halides is 1. The van der Waals surface area contributed by atoms with E-state index in [1.165, 1.54) is 0 Å². The van der Waals surface area contributed by atoms with Crippen molar-refractivity contribution in [1.82, 2.24) is 14.8 Å². The van der Waals surface area contributed by atoms with Crippen LogP contribution in [0.15, 0.2) is 54.6 Å². The molecule has 1 saturated heterocycles. The van der Waals surface area contributed by atoms with E-state index in [4.69, 9.17) is 4.74 Å². The van der Waals surface area contributed by atoms with Gasteiger partial charge in [0.2, 0.25) is 11.8 Å². The van der Waals surface area contributed by atoms with Gasteiger partial charge in [0.1, 0.15) is 24.0 Å². The third-order valence-electron chi connectivity index (χ3n) is 9.26. The monoisotopic (exact) mass is 634 g/mol. The van der Waals surface area contributed by atoms with E-state index in [9.17, 15) is 28.7 Å². The van der Waals surface area contributed by atoms with Crippen molar-refractivity contribution in [2.45, 2.75) is 76.5 Å². The summed E-state index contributed by atoms with van der Waals surface area (Å²) in [5.41, 5.74) is 1.67. The zero-order chi connectivity index (χ0) is 33.2. The van der Waals surface area contributed by atoms with Crippen LogP contribution >= 0.6 is 0 Å². The van der Waals surface area contributed by atoms with Gasteiger partial charge in [0.15, 0.2) is 0 Å². The molecule has 10 nitrogen and oxygen atoms in total. The molecule has 1 saturated carbocycles. The number of aryl methyl sites for hydroxylation is 1. The molecule has 246 valence electrons. The van der Waals surface area contributed by atoms with E-state index < -0.39 is 36.4 Å². The molecular weight excluding hydrogens is 591 g/mol. The number of nitrogens with zero attached hydrogens (tertiary/aromatic N) is 2. The molecule has 1 aromatic heterocycles. The Morgan fingerprint density at radius 2 is 1.70 bits per heavy atom. The van der Waals surface area contributed by atoms with Crippen molar-refractivity contribution in [3.63, 3.8) is 0 Å². The summed E-state index contributed by atoms with van der Waals surface area (Å²) in [7, 11) is 1.68. The molecule has 46 heavy (non-hydrogen) atoms. The average molecular weight is 635 g/mol. The van der Waals surface area contributed by atoms with Crippen LogP contribution in [0.5, 0.6) is 0 Å². The van der Waals surface area contributed by atoms with Crippen molar-refractivity contribution in [3.05, 3.63) is 65.9 Å². The van der Waals surface area contributed by atoms with E-state index in [-0.39, 0.29) is 35.3 Å². The first kappa shape index (κ1) is 33.0. The van der Waals surface area contributed by atoms with Crippen molar-refractivity contribution in [1.29, 1.82) is 0 Å². The van der Waals surface area contributed by atoms with E-state index in [2.05, 4.69) is 10.6 Å². The number of carboxylic acids is 1. The van der Waals surface area contributed by atoms with Crippen LogP contribution in [0.4, 0.5) is 14.9 Å². The van der Waals surface area contributed by atoms with Gasteiger partial charge in [-0.15, -0.1) is 0 Å². The van der Waals surface area contributed by atoms with E-state index in [0.717, 1.165) is 11.1 Å². The summed E-state index contributed by atoms with van der Waals surface area (Å²) in [5, 5.41) is 15.9. The number of hydrogen-bond acceptors (Lipinski definition) is 5. The Kier molecular flexibility index (Phi) is 9.69. The second-order valence-electron chi connectivity index (χ2n) is 13.5. The molecule has 11 heteroatoms. The first-order chi connectivity index (χ1) is 21.9. The van der Waals surface area contributed by atoms with Gasteiger partial charge in [0, 0.05) is 42.0 Å². The van der Waals surface area contributed by atoms with Gasteiger partial charge in [-0.05, 0) is 88.6 Å². The molecule has 2 heterocycles. The van der Waals surface area contributed by atoms with E-state index in [1.54, 1.807) is 61.6 Å². The van der Waals surface area contributed by atoms with Crippen molar-refractivity contribution in [2.24, 2.45) is 18.9 Å². The van der Waals surface area contributed by atoms with Gasteiger partial charge in [0.05, 0.1) is 6.04 Å². The molecule has 3 atom stereocenters. The Bertz CT molecular complexity index is 1590. The molecule has 5 rings (SSSR count). The van der Waals surface area contributed by atoms with E-state index in [1.807, 2.05) is 30.3 Å². The number of likely N-dealkylation sites (tertiary alicyclic amines) is 1. The number of alkyl carbamates (subject to hydrolysis) is 1. The largest absolute Gasteiger partial charge is 0.477 e. The van der Waals surface area contributed by atoms with Crippen LogP contribution in [0, 0.1) is 11.8 Å². The Labute approximate surface area is 268 Å². The van der Waals surface area contributed by atoms with E-state index in [0.29, 0.717) is 49.7 Å². The predicted octanol–water partition coefficient (Wildman–Crippen LogP) is 5.87. The Hall–Kier alpha value is -4.41. The average Bonchev–Trinajstić information content (AvgIpc) is 3.61. The van der Waals surface area contributed by atoms with Crippen LogP contribution in [-0.4, -0.2) is 69.4 Å². The van der Waals surface area contributed by atoms with Crippen LogP contribution in [0.25, 0.3) is 10.9 Å². The highest BCUT2D eigenvalue weighted by Crippen LogP contribution is 2.39. The Morgan fingerprint density at radius 1 is 1.00 bits per heavy atom. The Balaban J connectivity index is 1.30. The minimum absolute atomic E-state index is 0.0847. The van der Waals surface area contributed by atoms with E-state index >= 15 is 0 Å². The lowest BCUT2D eigenvalue weighted by Gasteiger charge is -2.36. The number of carbonyl (C=O) groups is 4. The lowest BCUT2D eigenvalue weighted by molar-refractivity contribution is -0.141. The zero-order valence-corrected chi connectivity index (χ0v) is 26.8. The maximum Gasteiger partial charge on any atom is 0.407 e. The number of carboxylic acid groups (broad SMARTS) is 1. The third kappa shape index (κ3) is 7.18. The molecule has 2 aliphatic rings. The zero-order valence-electron chi connectivity index (χ0n) is 26.8. The molecule has 0 bridgehead atoms. The molecule has 0 radical (unpaired) electrons. The van der Waals surface area contributed by atoms with Crippen molar-refractivity contribution < 1.29 is 33.4 Å². The summed E-state index contributed by atoms with van der Waals surface area (Å²) in [5.74, 6) is -2.05. The highest BCUT2D eigenvalue weighted by atomic mass is 19.1. The predicted molar refractivity (Wildman–Crippen MR) is 172 cm³/mol. The molecule has 1 aliphatic carbocycles. The van der Waals surface area contributed by atoms with Crippen LogP contribution in [0.2, 0.25) is 0 Å². The maximum atomic E-state index is 14.0. The summed E-state index contributed by atoms with van der Waals surface area (Å²) in [6, 6.07) is 15.1. The number of benzene rings is 2. The lowest BCUT2D eigenvalue weighted by Crippen LogP contribution is -2.49. The Morgan fingerprint density at radius 3 is 2.33 bits per heavy atom. The second kappa shape index (κ2) is 13.5. The highest BCUT2D eigenvalue weighted by Gasteiger charge is 2.45. The number of hydrogen-bond donors (Lipinski definition) is 3. The molecule has 3 N–H and O–H groups in total. The number of amides is 3. The lowest BCUT2D eigenvalue weighted by atomic mass is 9.78. The number of fused-ring (bicyclic) bond motifs is 1. The van der Waals surface area contributed by atoms with Crippen LogP contribution in [0.3, 0.4) is 0 Å². The van der Waals surface area contributed by atoms with Gasteiger partial charge in [-0.2, -0.15) is 0 Å². The fourth-order valence-corrected chi connectivity index (χ4v) is 7.01. The van der Waals surface area contributed by atoms with Gasteiger partial charge in [-0.25, -0.2) is 14.0 Å². The van der Waals surface area contributed by atoms with Crippen LogP contribution < -0.4 is 10.6 Å². The summed E-state index contributed by atoms with van der Waals surface area (Å²) in [4.78, 5) is 53.6. The number of carbonyl (C=O) groups excluding carboxylic acids is 3. The summed E-state index contributed by atoms with van der Waals surface area (Å²) in [6.07, 6.45) is 2.19. The number of anilines is 1. The van der Waals surface area contributed by atoms with Crippen LogP contribution in [0.1, 0.15) is 74.8 Å². The van der Waals surface area contributed by atoms with Crippen molar-refractivity contribution in [3.8, 4) is 0 Å². The number of halogens is 1. The normalized spacial score (nSPS) is 22.3. The maximum absolute atomic E-state index is 14.0. The summed E-state index contributed by atoms with van der Waals surface area (Å²) < 4.78 is 20.9. The highest BCUT2D eigenvalue weighted by molar-refractivity contribution is 6.01. The molecule has 1 unspecified atom stereocenters. The molecule has 3 aromatic rings. The third-order valence-corrected chi connectivity index (χ3v) is 9.26. The van der Waals surface area contributed by atoms with Gasteiger partial charge >= 0.3 is 12.1 Å². The van der Waals surface area contributed by atoms with Crippen molar-refractivity contribution >= 4 is 40.5 Å². The van der Waals surface area contributed by atoms with Crippen LogP contribution in [-0.2, 0) is 21.4 Å². The summed E-state index contributed by atoms with van der Waals surface area (Å²) >= 11 is 0. The van der Waals surface area contributed by atoms with Gasteiger partial charge in [-0.3, -0.25) is 9.59 Å². The first-order valence-electron chi connectivity index (χ1n) is 15.9. The van der Waals surface area contributed by atoms with Gasteiger partial charge < -0.3 is 29.9 Å².